The number of ether oxygens (including phenoxy) is 2. The van der Waals surface area contributed by atoms with Crippen LogP contribution in [0.4, 0.5) is 11.4 Å². The summed E-state index contributed by atoms with van der Waals surface area (Å²) in [5.74, 6) is 0.808. The third kappa shape index (κ3) is 5.46. The molecule has 0 bridgehead atoms. The number of nitrogens with zero attached hydrogens (tertiary/aromatic N) is 2. The fourth-order valence-electron chi connectivity index (χ4n) is 2.79. The molecule has 0 aliphatic carbocycles. The first-order chi connectivity index (χ1) is 14.6. The van der Waals surface area contributed by atoms with Crippen LogP contribution in [0.1, 0.15) is 18.1 Å². The van der Waals surface area contributed by atoms with E-state index in [1.807, 2.05) is 43.3 Å². The van der Waals surface area contributed by atoms with Gasteiger partial charge in [0.25, 0.3) is 0 Å². The second kappa shape index (κ2) is 10.2. The molecule has 6 heteroatoms. The minimum Gasteiger partial charge on any atom is -0.507 e. The largest absolute Gasteiger partial charge is 0.507 e. The highest BCUT2D eigenvalue weighted by Gasteiger charge is 2.06. The second-order valence-corrected chi connectivity index (χ2v) is 6.52. The molecule has 0 unspecified atom stereocenters. The van der Waals surface area contributed by atoms with Crippen LogP contribution in [0.5, 0.6) is 17.2 Å². The Balaban J connectivity index is 1.82. The lowest BCUT2D eigenvalue weighted by molar-refractivity contribution is 0.146. The number of rotatable bonds is 8. The highest BCUT2D eigenvalue weighted by molar-refractivity contribution is 6.03. The van der Waals surface area contributed by atoms with Crippen LogP contribution in [0.2, 0.25) is 0 Å². The predicted molar refractivity (Wildman–Crippen MR) is 119 cm³/mol. The molecule has 6 nitrogen and oxygen atoms in total. The monoisotopic (exact) mass is 404 g/mol. The summed E-state index contributed by atoms with van der Waals surface area (Å²) < 4.78 is 10.4. The van der Waals surface area contributed by atoms with Crippen molar-refractivity contribution in [1.29, 1.82) is 0 Å². The van der Waals surface area contributed by atoms with E-state index in [1.165, 1.54) is 0 Å². The SMILES string of the molecule is COCCOc1ccc(C=Nc2ccccc2N=C(C)c2ccccc2O)c(O)c1. The lowest BCUT2D eigenvalue weighted by Crippen LogP contribution is -2.04. The van der Waals surface area contributed by atoms with Gasteiger partial charge < -0.3 is 19.7 Å². The maximum absolute atomic E-state index is 10.3. The van der Waals surface area contributed by atoms with E-state index in [0.29, 0.717) is 47.2 Å². The third-order valence-electron chi connectivity index (χ3n) is 4.36. The van der Waals surface area contributed by atoms with E-state index in [-0.39, 0.29) is 11.5 Å². The summed E-state index contributed by atoms with van der Waals surface area (Å²) in [4.78, 5) is 9.13. The summed E-state index contributed by atoms with van der Waals surface area (Å²) in [5, 5.41) is 20.3. The molecule has 0 fully saturated rings. The molecule has 0 aromatic heterocycles. The van der Waals surface area contributed by atoms with Crippen LogP contribution in [-0.4, -0.2) is 42.5 Å². The van der Waals surface area contributed by atoms with Gasteiger partial charge in [-0.2, -0.15) is 0 Å². The van der Waals surface area contributed by atoms with Crippen LogP contribution >= 0.6 is 0 Å². The number of benzene rings is 3. The average Bonchev–Trinajstić information content (AvgIpc) is 2.74. The Morgan fingerprint density at radius 1 is 0.900 bits per heavy atom. The smallest absolute Gasteiger partial charge is 0.128 e. The third-order valence-corrected chi connectivity index (χ3v) is 4.36. The summed E-state index contributed by atoms with van der Waals surface area (Å²) in [5.41, 5.74) is 3.21. The Labute approximate surface area is 175 Å². The van der Waals surface area contributed by atoms with Crippen LogP contribution in [-0.2, 0) is 4.74 Å². The number of methoxy groups -OCH3 is 1. The van der Waals surface area contributed by atoms with Gasteiger partial charge in [0.15, 0.2) is 0 Å². The van der Waals surface area contributed by atoms with Gasteiger partial charge in [-0.15, -0.1) is 0 Å². The number of aromatic hydroxyl groups is 2. The van der Waals surface area contributed by atoms with Crippen molar-refractivity contribution in [3.63, 3.8) is 0 Å². The molecule has 3 aromatic carbocycles. The second-order valence-electron chi connectivity index (χ2n) is 6.52. The van der Waals surface area contributed by atoms with Crippen molar-refractivity contribution in [2.24, 2.45) is 9.98 Å². The Hall–Kier alpha value is -3.64. The van der Waals surface area contributed by atoms with Crippen LogP contribution < -0.4 is 4.74 Å². The van der Waals surface area contributed by atoms with E-state index >= 15 is 0 Å². The fraction of sp³-hybridized carbons (Fsp3) is 0.167. The average molecular weight is 404 g/mol. The Bertz CT molecular complexity index is 1060. The van der Waals surface area contributed by atoms with Gasteiger partial charge in [-0.3, -0.25) is 9.98 Å². The zero-order valence-electron chi connectivity index (χ0n) is 16.9. The number of phenolic OH excluding ortho intramolecular Hbond substituents is 2. The Morgan fingerprint density at radius 2 is 1.63 bits per heavy atom. The normalized spacial score (nSPS) is 11.7. The van der Waals surface area contributed by atoms with Gasteiger partial charge in [0, 0.05) is 36.2 Å². The zero-order valence-corrected chi connectivity index (χ0v) is 16.9. The minimum absolute atomic E-state index is 0.0695. The molecule has 0 aliphatic rings. The lowest BCUT2D eigenvalue weighted by Gasteiger charge is -2.07. The van der Waals surface area contributed by atoms with Crippen molar-refractivity contribution in [2.75, 3.05) is 20.3 Å². The standard InChI is InChI=1S/C24H24N2O4/c1-17(20-7-3-6-10-23(20)27)26-22-9-5-4-8-21(22)25-16-18-11-12-19(15-24(18)28)30-14-13-29-2/h3-12,15-16,27-28H,13-14H2,1-2H3. The van der Waals surface area contributed by atoms with Crippen molar-refractivity contribution < 1.29 is 19.7 Å². The first-order valence-corrected chi connectivity index (χ1v) is 9.50. The van der Waals surface area contributed by atoms with Gasteiger partial charge in [0.2, 0.25) is 0 Å². The maximum Gasteiger partial charge on any atom is 0.128 e. The molecular weight excluding hydrogens is 380 g/mol. The van der Waals surface area contributed by atoms with Crippen molar-refractivity contribution in [2.45, 2.75) is 6.92 Å². The van der Waals surface area contributed by atoms with Gasteiger partial charge in [-0.05, 0) is 43.3 Å². The van der Waals surface area contributed by atoms with E-state index in [2.05, 4.69) is 9.98 Å². The number of para-hydroxylation sites is 3. The molecule has 154 valence electrons. The summed E-state index contributed by atoms with van der Waals surface area (Å²) >= 11 is 0. The van der Waals surface area contributed by atoms with Crippen LogP contribution in [0.25, 0.3) is 0 Å². The fourth-order valence-corrected chi connectivity index (χ4v) is 2.79. The summed E-state index contributed by atoms with van der Waals surface area (Å²) in [6.45, 7) is 2.72. The van der Waals surface area contributed by atoms with Crippen LogP contribution in [0, 0.1) is 0 Å². The molecule has 3 aromatic rings. The zero-order chi connectivity index (χ0) is 21.3. The Kier molecular flexibility index (Phi) is 7.19. The van der Waals surface area contributed by atoms with E-state index < -0.39 is 0 Å². The van der Waals surface area contributed by atoms with E-state index in [0.717, 1.165) is 0 Å². The van der Waals surface area contributed by atoms with Crippen LogP contribution in [0.15, 0.2) is 76.7 Å². The molecular formula is C24H24N2O4. The van der Waals surface area contributed by atoms with Gasteiger partial charge in [-0.25, -0.2) is 0 Å². The summed E-state index contributed by atoms with van der Waals surface area (Å²) in [6, 6.07) is 19.5. The highest BCUT2D eigenvalue weighted by Crippen LogP contribution is 2.30. The molecule has 0 heterocycles. The van der Waals surface area contributed by atoms with Crippen molar-refractivity contribution in [1.82, 2.24) is 0 Å². The molecule has 3 rings (SSSR count). The molecule has 2 N–H and O–H groups in total. The van der Waals surface area contributed by atoms with Gasteiger partial charge in [0.05, 0.1) is 18.0 Å². The molecule has 0 spiro atoms. The van der Waals surface area contributed by atoms with Gasteiger partial charge >= 0.3 is 0 Å². The Morgan fingerprint density at radius 3 is 2.37 bits per heavy atom. The highest BCUT2D eigenvalue weighted by atomic mass is 16.5. The molecule has 0 amide bonds. The first kappa shape index (κ1) is 21.1. The van der Waals surface area contributed by atoms with Gasteiger partial charge in [-0.1, -0.05) is 24.3 Å². The van der Waals surface area contributed by atoms with Crippen molar-refractivity contribution in [3.8, 4) is 17.2 Å². The molecule has 0 atom stereocenters. The molecule has 0 radical (unpaired) electrons. The molecule has 0 saturated heterocycles. The van der Waals surface area contributed by atoms with Crippen molar-refractivity contribution >= 4 is 23.3 Å². The van der Waals surface area contributed by atoms with E-state index in [1.54, 1.807) is 43.7 Å². The minimum atomic E-state index is 0.0695. The quantitative estimate of drug-likeness (QED) is 0.408. The van der Waals surface area contributed by atoms with E-state index in [9.17, 15) is 10.2 Å². The first-order valence-electron chi connectivity index (χ1n) is 9.50. The molecule has 0 aliphatic heterocycles. The molecule has 30 heavy (non-hydrogen) atoms. The summed E-state index contributed by atoms with van der Waals surface area (Å²) in [7, 11) is 1.60. The number of hydrogen-bond donors (Lipinski definition) is 2. The maximum atomic E-state index is 10.3. The predicted octanol–water partition coefficient (Wildman–Crippen LogP) is 5.01. The van der Waals surface area contributed by atoms with E-state index in [4.69, 9.17) is 9.47 Å². The van der Waals surface area contributed by atoms with Crippen molar-refractivity contribution in [3.05, 3.63) is 77.9 Å². The topological polar surface area (TPSA) is 83.6 Å². The van der Waals surface area contributed by atoms with Gasteiger partial charge in [0.1, 0.15) is 23.9 Å². The number of aliphatic imine (C=N–C) groups is 2. The summed E-state index contributed by atoms with van der Waals surface area (Å²) in [6.07, 6.45) is 1.58. The molecule has 0 saturated carbocycles. The van der Waals surface area contributed by atoms with Crippen LogP contribution in [0.3, 0.4) is 0 Å². The number of hydrogen-bond acceptors (Lipinski definition) is 6. The number of phenols is 2. The lowest BCUT2D eigenvalue weighted by atomic mass is 10.1.